The lowest BCUT2D eigenvalue weighted by Gasteiger charge is -2.60. The fourth-order valence-electron chi connectivity index (χ4n) is 4.94. The maximum absolute atomic E-state index is 12.4. The molecule has 26 heavy (non-hydrogen) atoms. The second kappa shape index (κ2) is 5.85. The highest BCUT2D eigenvalue weighted by Gasteiger charge is 2.79. The summed E-state index contributed by atoms with van der Waals surface area (Å²) in [6, 6.07) is 3.49. The van der Waals surface area contributed by atoms with Crippen LogP contribution in [-0.2, 0) is 14.4 Å². The van der Waals surface area contributed by atoms with Crippen LogP contribution >= 0.6 is 0 Å². The Morgan fingerprint density at radius 1 is 1.15 bits per heavy atom. The van der Waals surface area contributed by atoms with Gasteiger partial charge in [-0.3, -0.25) is 24.3 Å². The summed E-state index contributed by atoms with van der Waals surface area (Å²) in [7, 11) is 0. The predicted octanol–water partition coefficient (Wildman–Crippen LogP) is -0.324. The van der Waals surface area contributed by atoms with Crippen molar-refractivity contribution in [2.45, 2.75) is 30.8 Å². The summed E-state index contributed by atoms with van der Waals surface area (Å²) in [6.07, 6.45) is 4.87. The van der Waals surface area contributed by atoms with Crippen LogP contribution in [0.15, 0.2) is 24.5 Å². The van der Waals surface area contributed by atoms with E-state index in [4.69, 9.17) is 5.73 Å². The van der Waals surface area contributed by atoms with Crippen LogP contribution in [0.4, 0.5) is 5.69 Å². The number of carboxylic acids is 1. The van der Waals surface area contributed by atoms with Gasteiger partial charge in [0.15, 0.2) is 5.41 Å². The average molecular weight is 358 g/mol. The van der Waals surface area contributed by atoms with Crippen molar-refractivity contribution >= 4 is 23.2 Å². The van der Waals surface area contributed by atoms with Gasteiger partial charge in [0, 0.05) is 50.3 Å². The number of carbonyl (C=O) groups excluding carboxylic acids is 2. The first kappa shape index (κ1) is 17.1. The van der Waals surface area contributed by atoms with E-state index in [0.717, 1.165) is 18.8 Å². The summed E-state index contributed by atoms with van der Waals surface area (Å²) in [5.74, 6) is -2.81. The van der Waals surface area contributed by atoms with Crippen molar-refractivity contribution < 1.29 is 19.5 Å². The lowest BCUT2D eigenvalue weighted by atomic mass is 9.45. The zero-order valence-electron chi connectivity index (χ0n) is 14.4. The monoisotopic (exact) mass is 358 g/mol. The van der Waals surface area contributed by atoms with E-state index in [1.807, 2.05) is 12.1 Å². The number of hydrogen-bond donors (Lipinski definition) is 2. The molecule has 1 aliphatic heterocycles. The van der Waals surface area contributed by atoms with Crippen molar-refractivity contribution in [3.05, 3.63) is 24.5 Å². The third-order valence-corrected chi connectivity index (χ3v) is 6.38. The highest BCUT2D eigenvalue weighted by molar-refractivity contribution is 6.55. The Labute approximate surface area is 151 Å². The topological polar surface area (TPSA) is 117 Å². The number of piperazine rings is 1. The van der Waals surface area contributed by atoms with Crippen LogP contribution in [0.25, 0.3) is 0 Å². The molecule has 0 radical (unpaired) electrons. The zero-order valence-corrected chi connectivity index (χ0v) is 14.4. The van der Waals surface area contributed by atoms with E-state index in [9.17, 15) is 19.5 Å². The number of rotatable bonds is 3. The number of nitrogens with two attached hydrogens (primary N) is 1. The molecule has 3 fully saturated rings. The van der Waals surface area contributed by atoms with E-state index in [-0.39, 0.29) is 6.42 Å². The molecule has 3 N–H and O–H groups in total. The molecule has 0 amide bonds. The summed E-state index contributed by atoms with van der Waals surface area (Å²) in [5.41, 5.74) is 4.12. The Morgan fingerprint density at radius 2 is 1.81 bits per heavy atom. The third-order valence-electron chi connectivity index (χ3n) is 6.38. The Hall–Kier alpha value is -2.32. The van der Waals surface area contributed by atoms with E-state index in [1.165, 1.54) is 0 Å². The normalized spacial score (nSPS) is 35.0. The number of anilines is 1. The molecule has 2 heterocycles. The highest BCUT2D eigenvalue weighted by Crippen LogP contribution is 2.54. The Bertz CT molecular complexity index is 762. The van der Waals surface area contributed by atoms with Crippen LogP contribution in [0.5, 0.6) is 0 Å². The van der Waals surface area contributed by atoms with Crippen molar-refractivity contribution in [3.8, 4) is 0 Å². The van der Waals surface area contributed by atoms with Crippen molar-refractivity contribution in [2.75, 3.05) is 31.1 Å². The van der Waals surface area contributed by atoms with Gasteiger partial charge in [0.05, 0.1) is 0 Å². The second-order valence-electron chi connectivity index (χ2n) is 7.37. The van der Waals surface area contributed by atoms with Crippen LogP contribution in [0.1, 0.15) is 19.3 Å². The SMILES string of the molecule is N[C@@]12C(=O)C(=O)[C@@]1(C(=O)O)CCCC2N1CCN(c2ccncc2)CC1. The number of aliphatic carboxylic acids is 1. The summed E-state index contributed by atoms with van der Waals surface area (Å²) in [4.78, 5) is 44.8. The Kier molecular flexibility index (Phi) is 3.85. The van der Waals surface area contributed by atoms with Gasteiger partial charge in [-0.05, 0) is 25.0 Å². The third kappa shape index (κ3) is 2.02. The molecule has 2 aliphatic carbocycles. The lowest BCUT2D eigenvalue weighted by molar-refractivity contribution is -0.187. The van der Waals surface area contributed by atoms with Crippen LogP contribution in [-0.4, -0.2) is 70.3 Å². The van der Waals surface area contributed by atoms with Gasteiger partial charge in [-0.25, -0.2) is 0 Å². The molecular weight excluding hydrogens is 336 g/mol. The fourth-order valence-corrected chi connectivity index (χ4v) is 4.94. The number of ketones is 2. The molecule has 138 valence electrons. The number of Topliss-reactive ketones (excluding diaryl/α,β-unsaturated/α-hetero) is 2. The van der Waals surface area contributed by atoms with Gasteiger partial charge < -0.3 is 15.7 Å². The predicted molar refractivity (Wildman–Crippen MR) is 92.7 cm³/mol. The van der Waals surface area contributed by atoms with E-state index in [0.29, 0.717) is 25.9 Å². The van der Waals surface area contributed by atoms with E-state index in [2.05, 4.69) is 14.8 Å². The number of aromatic nitrogens is 1. The summed E-state index contributed by atoms with van der Waals surface area (Å²) >= 11 is 0. The quantitative estimate of drug-likeness (QED) is 0.558. The number of pyridine rings is 1. The smallest absolute Gasteiger partial charge is 0.320 e. The maximum atomic E-state index is 12.4. The number of hydrogen-bond acceptors (Lipinski definition) is 7. The number of carboxylic acid groups (broad SMARTS) is 1. The minimum Gasteiger partial charge on any atom is -0.480 e. The maximum Gasteiger partial charge on any atom is 0.320 e. The molecule has 0 bridgehead atoms. The number of nitrogens with zero attached hydrogens (tertiary/aromatic N) is 3. The van der Waals surface area contributed by atoms with Gasteiger partial charge in [0.1, 0.15) is 5.54 Å². The minimum absolute atomic E-state index is 0.150. The molecule has 8 nitrogen and oxygen atoms in total. The molecule has 1 unspecified atom stereocenters. The molecular formula is C18H22N4O4. The molecule has 3 aliphatic rings. The van der Waals surface area contributed by atoms with E-state index in [1.54, 1.807) is 12.4 Å². The summed E-state index contributed by atoms with van der Waals surface area (Å²) < 4.78 is 0. The molecule has 1 aromatic heterocycles. The number of carbonyl (C=O) groups is 3. The first-order chi connectivity index (χ1) is 12.4. The van der Waals surface area contributed by atoms with Crippen molar-refractivity contribution in [1.82, 2.24) is 9.88 Å². The number of fused-ring (bicyclic) bond motifs is 1. The van der Waals surface area contributed by atoms with Gasteiger partial charge in [-0.15, -0.1) is 0 Å². The first-order valence-electron chi connectivity index (χ1n) is 8.93. The molecule has 3 atom stereocenters. The van der Waals surface area contributed by atoms with Crippen LogP contribution in [0.2, 0.25) is 0 Å². The van der Waals surface area contributed by atoms with E-state index < -0.39 is 34.5 Å². The van der Waals surface area contributed by atoms with Crippen LogP contribution < -0.4 is 10.6 Å². The molecule has 1 aromatic rings. The van der Waals surface area contributed by atoms with Gasteiger partial charge in [-0.1, -0.05) is 6.42 Å². The Morgan fingerprint density at radius 3 is 2.42 bits per heavy atom. The lowest BCUT2D eigenvalue weighted by Crippen LogP contribution is -2.87. The highest BCUT2D eigenvalue weighted by atomic mass is 16.4. The fraction of sp³-hybridized carbons (Fsp3) is 0.556. The molecule has 8 heteroatoms. The average Bonchev–Trinajstić information content (AvgIpc) is 2.68. The zero-order chi connectivity index (χ0) is 18.5. The molecule has 2 saturated carbocycles. The molecule has 0 spiro atoms. The van der Waals surface area contributed by atoms with E-state index >= 15 is 0 Å². The van der Waals surface area contributed by atoms with Gasteiger partial charge in [0.25, 0.3) is 0 Å². The van der Waals surface area contributed by atoms with Crippen LogP contribution in [0, 0.1) is 5.41 Å². The summed E-state index contributed by atoms with van der Waals surface area (Å²) in [6.45, 7) is 2.84. The molecule has 4 rings (SSSR count). The first-order valence-corrected chi connectivity index (χ1v) is 8.93. The largest absolute Gasteiger partial charge is 0.480 e. The van der Waals surface area contributed by atoms with Gasteiger partial charge in [0.2, 0.25) is 11.6 Å². The molecule has 0 aromatic carbocycles. The summed E-state index contributed by atoms with van der Waals surface area (Å²) in [5, 5.41) is 9.69. The van der Waals surface area contributed by atoms with Crippen molar-refractivity contribution in [2.24, 2.45) is 11.1 Å². The van der Waals surface area contributed by atoms with Crippen molar-refractivity contribution in [1.29, 1.82) is 0 Å². The Balaban J connectivity index is 1.54. The van der Waals surface area contributed by atoms with Crippen molar-refractivity contribution in [3.63, 3.8) is 0 Å². The molecule has 1 saturated heterocycles. The van der Waals surface area contributed by atoms with Gasteiger partial charge in [-0.2, -0.15) is 0 Å². The van der Waals surface area contributed by atoms with Gasteiger partial charge >= 0.3 is 5.97 Å². The minimum atomic E-state index is -1.74. The van der Waals surface area contributed by atoms with Crippen LogP contribution in [0.3, 0.4) is 0 Å². The standard InChI is InChI=1S/C18H22N4O4/c19-18-13(2-1-5-17(18,16(25)26)14(23)15(18)24)22-10-8-21(9-11-22)12-3-6-20-7-4-12/h3-4,6-7,13H,1-2,5,8-11,19H2,(H,25,26)/t13?,17-,18+/m1/s1. The second-order valence-corrected chi connectivity index (χ2v) is 7.37.